The number of thiocarbonyl (C=S) groups is 1. The van der Waals surface area contributed by atoms with Gasteiger partial charge in [0.1, 0.15) is 17.6 Å². The minimum atomic E-state index is -0.326. The zero-order valence-electron chi connectivity index (χ0n) is 14.4. The predicted octanol–water partition coefficient (Wildman–Crippen LogP) is 3.76. The lowest BCUT2D eigenvalue weighted by Crippen LogP contribution is -2.65. The normalized spacial score (nSPS) is 27.0. The zero-order chi connectivity index (χ0) is 17.7. The Bertz CT molecular complexity index is 822. The summed E-state index contributed by atoms with van der Waals surface area (Å²) in [5.74, 6) is 0.923. The summed E-state index contributed by atoms with van der Waals surface area (Å²) in [6.45, 7) is 4.32. The molecule has 0 aliphatic carbocycles. The van der Waals surface area contributed by atoms with Gasteiger partial charge in [0.2, 0.25) is 0 Å². The highest BCUT2D eigenvalue weighted by Crippen LogP contribution is 2.49. The Labute approximate surface area is 153 Å². The molecule has 4 nitrogen and oxygen atoms in total. The van der Waals surface area contributed by atoms with Gasteiger partial charge in [-0.2, -0.15) is 0 Å². The molecule has 1 fully saturated rings. The summed E-state index contributed by atoms with van der Waals surface area (Å²) in [7, 11) is 0. The fourth-order valence-electron chi connectivity index (χ4n) is 4.16. The van der Waals surface area contributed by atoms with Crippen molar-refractivity contribution in [3.05, 3.63) is 59.7 Å². The standard InChI is InChI=1S/C20H22N2O2S/c1-19(2)12-20(22-18(25)21-19)11-17(13-6-4-3-5-7-13)24-16-10-14(23)8-9-15(16)20/h3-10,17,23H,11-12H2,1-2H3,(H2,21,22,25)/t17-,20-/m1/s1. The molecule has 0 saturated carbocycles. The molecule has 2 aliphatic heterocycles. The van der Waals surface area contributed by atoms with E-state index in [4.69, 9.17) is 17.0 Å². The Hall–Kier alpha value is -2.27. The van der Waals surface area contributed by atoms with Gasteiger partial charge in [0.05, 0.1) is 5.54 Å². The van der Waals surface area contributed by atoms with Gasteiger partial charge in [-0.15, -0.1) is 0 Å². The highest BCUT2D eigenvalue weighted by molar-refractivity contribution is 7.80. The first kappa shape index (κ1) is 16.2. The Morgan fingerprint density at radius 3 is 2.60 bits per heavy atom. The molecule has 0 bridgehead atoms. The van der Waals surface area contributed by atoms with E-state index in [-0.39, 0.29) is 22.9 Å². The van der Waals surface area contributed by atoms with E-state index >= 15 is 0 Å². The lowest BCUT2D eigenvalue weighted by Gasteiger charge is -2.51. The number of rotatable bonds is 1. The molecule has 1 saturated heterocycles. The fourth-order valence-corrected chi connectivity index (χ4v) is 4.63. The first-order valence-electron chi connectivity index (χ1n) is 8.52. The third-order valence-electron chi connectivity index (χ3n) is 5.00. The van der Waals surface area contributed by atoms with Crippen molar-refractivity contribution < 1.29 is 9.84 Å². The third-order valence-corrected chi connectivity index (χ3v) is 5.21. The number of fused-ring (bicyclic) bond motifs is 2. The summed E-state index contributed by atoms with van der Waals surface area (Å²) < 4.78 is 6.27. The van der Waals surface area contributed by atoms with E-state index < -0.39 is 0 Å². The minimum Gasteiger partial charge on any atom is -0.508 e. The van der Waals surface area contributed by atoms with Crippen LogP contribution in [-0.2, 0) is 5.54 Å². The molecule has 0 unspecified atom stereocenters. The summed E-state index contributed by atoms with van der Waals surface area (Å²) in [4.78, 5) is 0. The highest BCUT2D eigenvalue weighted by atomic mass is 32.1. The molecule has 4 rings (SSSR count). The molecule has 25 heavy (non-hydrogen) atoms. The summed E-state index contributed by atoms with van der Waals surface area (Å²) in [6.07, 6.45) is 1.55. The number of phenolic OH excluding ortho intramolecular Hbond substituents is 1. The van der Waals surface area contributed by atoms with Crippen molar-refractivity contribution in [1.82, 2.24) is 10.6 Å². The van der Waals surface area contributed by atoms with Crippen molar-refractivity contribution in [2.75, 3.05) is 0 Å². The summed E-state index contributed by atoms with van der Waals surface area (Å²) in [5.41, 5.74) is 1.72. The van der Waals surface area contributed by atoms with Crippen molar-refractivity contribution in [3.63, 3.8) is 0 Å². The molecule has 1 spiro atoms. The van der Waals surface area contributed by atoms with Crippen LogP contribution in [0.2, 0.25) is 0 Å². The zero-order valence-corrected chi connectivity index (χ0v) is 15.2. The highest BCUT2D eigenvalue weighted by Gasteiger charge is 2.48. The quantitative estimate of drug-likeness (QED) is 0.681. The van der Waals surface area contributed by atoms with Crippen LogP contribution in [0.3, 0.4) is 0 Å². The van der Waals surface area contributed by atoms with Crippen LogP contribution in [0.5, 0.6) is 11.5 Å². The lowest BCUT2D eigenvalue weighted by atomic mass is 9.72. The minimum absolute atomic E-state index is 0.0975. The molecule has 0 amide bonds. The summed E-state index contributed by atoms with van der Waals surface area (Å²) in [5, 5.41) is 17.5. The van der Waals surface area contributed by atoms with Crippen LogP contribution in [0.15, 0.2) is 48.5 Å². The van der Waals surface area contributed by atoms with Crippen molar-refractivity contribution in [1.29, 1.82) is 0 Å². The Morgan fingerprint density at radius 1 is 1.12 bits per heavy atom. The van der Waals surface area contributed by atoms with Gasteiger partial charge in [-0.05, 0) is 50.2 Å². The van der Waals surface area contributed by atoms with Crippen molar-refractivity contribution in [2.24, 2.45) is 0 Å². The largest absolute Gasteiger partial charge is 0.508 e. The molecule has 5 heteroatoms. The van der Waals surface area contributed by atoms with E-state index in [0.29, 0.717) is 10.9 Å². The van der Waals surface area contributed by atoms with Crippen LogP contribution in [-0.4, -0.2) is 15.8 Å². The number of benzene rings is 2. The van der Waals surface area contributed by atoms with Gasteiger partial charge in [-0.1, -0.05) is 30.3 Å². The second-order valence-corrected chi connectivity index (χ2v) is 8.03. The van der Waals surface area contributed by atoms with Crippen LogP contribution in [0.1, 0.15) is 43.9 Å². The van der Waals surface area contributed by atoms with Crippen molar-refractivity contribution in [3.8, 4) is 11.5 Å². The van der Waals surface area contributed by atoms with Crippen LogP contribution >= 0.6 is 12.2 Å². The molecule has 2 aromatic carbocycles. The first-order chi connectivity index (χ1) is 11.9. The number of phenols is 1. The molecular weight excluding hydrogens is 332 g/mol. The Kier molecular flexibility index (Phi) is 3.65. The molecule has 2 aliphatic rings. The fraction of sp³-hybridized carbons (Fsp3) is 0.350. The van der Waals surface area contributed by atoms with Gasteiger partial charge in [0, 0.05) is 23.6 Å². The SMILES string of the molecule is CC1(C)C[C@@]2(C[C@H](c3ccccc3)Oc3cc(O)ccc32)NC(=S)N1. The topological polar surface area (TPSA) is 53.5 Å². The van der Waals surface area contributed by atoms with Crippen LogP contribution in [0, 0.1) is 0 Å². The molecule has 2 heterocycles. The Balaban J connectivity index is 1.84. The summed E-state index contributed by atoms with van der Waals surface area (Å²) in [6, 6.07) is 15.6. The van der Waals surface area contributed by atoms with E-state index in [2.05, 4.69) is 36.6 Å². The smallest absolute Gasteiger partial charge is 0.167 e. The average molecular weight is 354 g/mol. The van der Waals surface area contributed by atoms with Gasteiger partial charge in [0.25, 0.3) is 0 Å². The molecular formula is C20H22N2O2S. The Morgan fingerprint density at radius 2 is 1.88 bits per heavy atom. The molecule has 2 aromatic rings. The van der Waals surface area contributed by atoms with E-state index in [1.807, 2.05) is 24.3 Å². The number of hydrogen-bond acceptors (Lipinski definition) is 3. The average Bonchev–Trinajstić information content (AvgIpc) is 2.53. The van der Waals surface area contributed by atoms with E-state index in [0.717, 1.165) is 24.0 Å². The van der Waals surface area contributed by atoms with Gasteiger partial charge in [-0.3, -0.25) is 0 Å². The van der Waals surface area contributed by atoms with Crippen molar-refractivity contribution in [2.45, 2.75) is 43.9 Å². The van der Waals surface area contributed by atoms with Gasteiger partial charge in [-0.25, -0.2) is 0 Å². The molecule has 3 N–H and O–H groups in total. The maximum absolute atomic E-state index is 9.95. The van der Waals surface area contributed by atoms with Gasteiger partial charge < -0.3 is 20.5 Å². The second-order valence-electron chi connectivity index (χ2n) is 7.62. The van der Waals surface area contributed by atoms with Crippen molar-refractivity contribution >= 4 is 17.3 Å². The van der Waals surface area contributed by atoms with E-state index in [1.165, 1.54) is 0 Å². The molecule has 2 atom stereocenters. The number of hydrogen-bond donors (Lipinski definition) is 3. The number of nitrogens with one attached hydrogen (secondary N) is 2. The maximum atomic E-state index is 9.95. The third kappa shape index (κ3) is 2.93. The van der Waals surface area contributed by atoms with Gasteiger partial charge >= 0.3 is 0 Å². The molecule has 0 radical (unpaired) electrons. The molecule has 130 valence electrons. The van der Waals surface area contributed by atoms with E-state index in [1.54, 1.807) is 12.1 Å². The second kappa shape index (κ2) is 5.63. The predicted molar refractivity (Wildman–Crippen MR) is 102 cm³/mol. The summed E-state index contributed by atoms with van der Waals surface area (Å²) >= 11 is 5.51. The first-order valence-corrected chi connectivity index (χ1v) is 8.93. The van der Waals surface area contributed by atoms with Crippen LogP contribution in [0.25, 0.3) is 0 Å². The maximum Gasteiger partial charge on any atom is 0.167 e. The van der Waals surface area contributed by atoms with Crippen LogP contribution < -0.4 is 15.4 Å². The van der Waals surface area contributed by atoms with E-state index in [9.17, 15) is 5.11 Å². The monoisotopic (exact) mass is 354 g/mol. The molecule has 0 aromatic heterocycles. The lowest BCUT2D eigenvalue weighted by molar-refractivity contribution is 0.0869. The van der Waals surface area contributed by atoms with Crippen LogP contribution in [0.4, 0.5) is 0 Å². The van der Waals surface area contributed by atoms with Gasteiger partial charge in [0.15, 0.2) is 5.11 Å². The number of ether oxygens (including phenoxy) is 1. The number of aromatic hydroxyl groups is 1.